The number of sulfonamides is 1. The molecule has 3 aromatic rings. The zero-order chi connectivity index (χ0) is 21.4. The monoisotopic (exact) mass is 436 g/mol. The molecule has 2 aliphatic heterocycles. The Balaban J connectivity index is 1.30. The van der Waals surface area contributed by atoms with Gasteiger partial charge in [0.1, 0.15) is 0 Å². The number of hydrogen-bond acceptors (Lipinski definition) is 5. The van der Waals surface area contributed by atoms with Gasteiger partial charge >= 0.3 is 0 Å². The highest BCUT2D eigenvalue weighted by Gasteiger charge is 2.47. The van der Waals surface area contributed by atoms with Crippen LogP contribution in [-0.4, -0.2) is 52.5 Å². The van der Waals surface area contributed by atoms with Gasteiger partial charge in [0.25, 0.3) is 0 Å². The van der Waals surface area contributed by atoms with E-state index in [1.807, 2.05) is 36.4 Å². The van der Waals surface area contributed by atoms with Crippen molar-refractivity contribution in [3.63, 3.8) is 0 Å². The Morgan fingerprint density at radius 2 is 1.74 bits per heavy atom. The predicted octanol–water partition coefficient (Wildman–Crippen LogP) is 3.62. The van der Waals surface area contributed by atoms with Gasteiger partial charge in [0.05, 0.1) is 16.3 Å². The van der Waals surface area contributed by atoms with Crippen LogP contribution >= 0.6 is 0 Å². The van der Waals surface area contributed by atoms with Gasteiger partial charge in [0, 0.05) is 38.1 Å². The Hall–Kier alpha value is -2.35. The Morgan fingerprint density at radius 3 is 2.55 bits per heavy atom. The fourth-order valence-corrected chi connectivity index (χ4v) is 7.32. The topological polar surface area (TPSA) is 66.4 Å². The molecule has 5 rings (SSSR count). The average Bonchev–Trinajstić information content (AvgIpc) is 2.93. The van der Waals surface area contributed by atoms with Crippen molar-refractivity contribution in [3.8, 4) is 0 Å². The maximum Gasteiger partial charge on any atom is 0.217 e. The minimum absolute atomic E-state index is 0.202. The van der Waals surface area contributed by atoms with Crippen molar-refractivity contribution in [1.82, 2.24) is 19.2 Å². The number of benzene rings is 2. The van der Waals surface area contributed by atoms with Crippen molar-refractivity contribution < 1.29 is 8.42 Å². The largest absolute Gasteiger partial charge is 0.297 e. The Morgan fingerprint density at radius 1 is 1.00 bits per heavy atom. The van der Waals surface area contributed by atoms with Gasteiger partial charge in [-0.2, -0.15) is 4.31 Å². The summed E-state index contributed by atoms with van der Waals surface area (Å²) < 4.78 is 28.2. The fourth-order valence-electron chi connectivity index (χ4n) is 5.10. The molecular formula is C24H28N4O2S. The van der Waals surface area contributed by atoms with E-state index in [2.05, 4.69) is 33.9 Å². The van der Waals surface area contributed by atoms with E-state index in [0.717, 1.165) is 36.1 Å². The lowest BCUT2D eigenvalue weighted by molar-refractivity contribution is 0.213. The standard InChI is InChI=1S/C24H28N4O2S/c1-18(20-7-8-22-23(15-20)26-12-11-25-22)27-13-9-21-17-28(16-19-5-3-2-4-6-19)31(29,30)24(21)10-14-27/h2-8,11-12,15,18,21,24H,9-10,13-14,16-17H2,1H3. The summed E-state index contributed by atoms with van der Waals surface area (Å²) in [7, 11) is -3.26. The van der Waals surface area contributed by atoms with E-state index in [1.54, 1.807) is 16.7 Å². The molecule has 0 bridgehead atoms. The van der Waals surface area contributed by atoms with Crippen LogP contribution in [0.2, 0.25) is 0 Å². The second-order valence-electron chi connectivity index (χ2n) is 8.72. The number of hydrogen-bond donors (Lipinski definition) is 0. The van der Waals surface area contributed by atoms with Crippen molar-refractivity contribution in [2.45, 2.75) is 37.6 Å². The molecule has 31 heavy (non-hydrogen) atoms. The molecule has 0 radical (unpaired) electrons. The number of rotatable bonds is 4. The summed E-state index contributed by atoms with van der Waals surface area (Å²) in [6.07, 6.45) is 5.03. The molecule has 3 unspecified atom stereocenters. The minimum atomic E-state index is -3.26. The molecule has 0 N–H and O–H groups in total. The molecule has 3 heterocycles. The molecule has 1 aromatic heterocycles. The van der Waals surface area contributed by atoms with E-state index in [-0.39, 0.29) is 17.2 Å². The molecule has 6 nitrogen and oxygen atoms in total. The first kappa shape index (κ1) is 20.5. The number of likely N-dealkylation sites (tertiary alicyclic amines) is 1. The van der Waals surface area contributed by atoms with Gasteiger partial charge in [-0.15, -0.1) is 0 Å². The molecule has 0 amide bonds. The third-order valence-electron chi connectivity index (χ3n) is 6.92. The van der Waals surface area contributed by atoms with Gasteiger partial charge in [-0.05, 0) is 55.5 Å². The van der Waals surface area contributed by atoms with E-state index >= 15 is 0 Å². The van der Waals surface area contributed by atoms with Crippen LogP contribution in [0.3, 0.4) is 0 Å². The number of nitrogens with zero attached hydrogens (tertiary/aromatic N) is 4. The molecule has 0 aliphatic carbocycles. The summed E-state index contributed by atoms with van der Waals surface area (Å²) in [4.78, 5) is 11.2. The van der Waals surface area contributed by atoms with Crippen LogP contribution < -0.4 is 0 Å². The van der Waals surface area contributed by atoms with Crippen LogP contribution in [0.5, 0.6) is 0 Å². The third-order valence-corrected chi connectivity index (χ3v) is 9.30. The van der Waals surface area contributed by atoms with Crippen molar-refractivity contribution in [2.75, 3.05) is 19.6 Å². The molecule has 2 fully saturated rings. The second-order valence-corrected chi connectivity index (χ2v) is 10.9. The average molecular weight is 437 g/mol. The van der Waals surface area contributed by atoms with Crippen LogP contribution in [0.1, 0.15) is 36.9 Å². The zero-order valence-corrected chi connectivity index (χ0v) is 18.6. The molecule has 2 aliphatic rings. The summed E-state index contributed by atoms with van der Waals surface area (Å²) in [5.74, 6) is 0.202. The lowest BCUT2D eigenvalue weighted by Gasteiger charge is -2.28. The Labute approximate surface area is 184 Å². The van der Waals surface area contributed by atoms with E-state index in [0.29, 0.717) is 19.5 Å². The maximum absolute atomic E-state index is 13.3. The van der Waals surface area contributed by atoms with E-state index in [9.17, 15) is 8.42 Å². The maximum atomic E-state index is 13.3. The highest BCUT2D eigenvalue weighted by atomic mass is 32.2. The highest BCUT2D eigenvalue weighted by Crippen LogP contribution is 2.37. The normalized spacial score (nSPS) is 25.2. The number of aromatic nitrogens is 2. The molecule has 2 saturated heterocycles. The molecule has 2 aromatic carbocycles. The zero-order valence-electron chi connectivity index (χ0n) is 17.8. The van der Waals surface area contributed by atoms with Crippen LogP contribution in [0.4, 0.5) is 0 Å². The molecule has 7 heteroatoms. The predicted molar refractivity (Wildman–Crippen MR) is 122 cm³/mol. The molecule has 3 atom stereocenters. The van der Waals surface area contributed by atoms with Gasteiger partial charge in [-0.1, -0.05) is 36.4 Å². The summed E-state index contributed by atoms with van der Waals surface area (Å²) >= 11 is 0. The smallest absolute Gasteiger partial charge is 0.217 e. The van der Waals surface area contributed by atoms with E-state index in [1.165, 1.54) is 5.56 Å². The Kier molecular flexibility index (Phi) is 5.50. The highest BCUT2D eigenvalue weighted by molar-refractivity contribution is 7.90. The Bertz CT molecular complexity index is 1170. The van der Waals surface area contributed by atoms with Crippen molar-refractivity contribution in [3.05, 3.63) is 72.1 Å². The second kappa shape index (κ2) is 8.30. The van der Waals surface area contributed by atoms with Crippen molar-refractivity contribution >= 4 is 21.1 Å². The fraction of sp³-hybridized carbons (Fsp3) is 0.417. The summed E-state index contributed by atoms with van der Waals surface area (Å²) in [5.41, 5.74) is 4.05. The first-order chi connectivity index (χ1) is 15.0. The summed E-state index contributed by atoms with van der Waals surface area (Å²) in [5, 5.41) is -0.268. The van der Waals surface area contributed by atoms with E-state index in [4.69, 9.17) is 0 Å². The van der Waals surface area contributed by atoms with E-state index < -0.39 is 10.0 Å². The van der Waals surface area contributed by atoms with Crippen LogP contribution in [0, 0.1) is 5.92 Å². The van der Waals surface area contributed by atoms with Crippen molar-refractivity contribution in [1.29, 1.82) is 0 Å². The molecular weight excluding hydrogens is 408 g/mol. The first-order valence-corrected chi connectivity index (χ1v) is 12.5. The van der Waals surface area contributed by atoms with Crippen LogP contribution in [0.15, 0.2) is 60.9 Å². The lowest BCUT2D eigenvalue weighted by atomic mass is 10.0. The quantitative estimate of drug-likeness (QED) is 0.625. The van der Waals surface area contributed by atoms with Crippen LogP contribution in [0.25, 0.3) is 11.0 Å². The third kappa shape index (κ3) is 3.97. The summed E-state index contributed by atoms with van der Waals surface area (Å²) in [6, 6.07) is 16.4. The molecule has 0 saturated carbocycles. The van der Waals surface area contributed by atoms with Gasteiger partial charge in [-0.25, -0.2) is 8.42 Å². The SMILES string of the molecule is CC(c1ccc2nccnc2c1)N1CCC2CN(Cc3ccccc3)S(=O)(=O)C2CC1. The number of fused-ring (bicyclic) bond motifs is 2. The minimum Gasteiger partial charge on any atom is -0.297 e. The van der Waals surface area contributed by atoms with Gasteiger partial charge in [0.15, 0.2) is 0 Å². The molecule has 162 valence electrons. The molecule has 0 spiro atoms. The lowest BCUT2D eigenvalue weighted by Crippen LogP contribution is -2.32. The van der Waals surface area contributed by atoms with Gasteiger partial charge in [0.2, 0.25) is 10.0 Å². The first-order valence-electron chi connectivity index (χ1n) is 11.0. The van der Waals surface area contributed by atoms with Gasteiger partial charge < -0.3 is 0 Å². The van der Waals surface area contributed by atoms with Gasteiger partial charge in [-0.3, -0.25) is 14.9 Å². The van der Waals surface area contributed by atoms with Crippen LogP contribution in [-0.2, 0) is 16.6 Å². The van der Waals surface area contributed by atoms with Crippen molar-refractivity contribution in [2.24, 2.45) is 5.92 Å². The summed E-state index contributed by atoms with van der Waals surface area (Å²) in [6.45, 7) is 5.02.